The molecular weight excluding hydrogens is 258 g/mol. The van der Waals surface area contributed by atoms with Crippen LogP contribution in [0.1, 0.15) is 18.4 Å². The number of carboxylic acids is 1. The first kappa shape index (κ1) is 13.9. The van der Waals surface area contributed by atoms with Gasteiger partial charge in [-0.2, -0.15) is 5.26 Å². The number of urea groups is 1. The number of rotatable bonds is 2. The molecule has 1 atom stereocenters. The highest BCUT2D eigenvalue weighted by Gasteiger charge is 2.35. The lowest BCUT2D eigenvalue weighted by Gasteiger charge is -2.28. The van der Waals surface area contributed by atoms with Crippen LogP contribution < -0.4 is 4.90 Å². The fourth-order valence-electron chi connectivity index (χ4n) is 2.41. The molecule has 0 aromatic heterocycles. The van der Waals surface area contributed by atoms with Crippen LogP contribution in [0.4, 0.5) is 10.5 Å². The number of anilines is 1. The summed E-state index contributed by atoms with van der Waals surface area (Å²) < 4.78 is 0. The number of nitriles is 1. The maximum Gasteiger partial charge on any atom is 0.326 e. The van der Waals surface area contributed by atoms with E-state index in [0.717, 1.165) is 0 Å². The maximum atomic E-state index is 12.4. The van der Waals surface area contributed by atoms with Crippen molar-refractivity contribution in [1.29, 1.82) is 5.26 Å². The molecule has 0 saturated carbocycles. The lowest BCUT2D eigenvalue weighted by Crippen LogP contribution is -2.47. The minimum atomic E-state index is -0.988. The third kappa shape index (κ3) is 2.43. The van der Waals surface area contributed by atoms with Crippen LogP contribution in [0.15, 0.2) is 24.3 Å². The Morgan fingerprint density at radius 1 is 1.45 bits per heavy atom. The summed E-state index contributed by atoms with van der Waals surface area (Å²) in [5.41, 5.74) is 0.866. The predicted octanol–water partition coefficient (Wildman–Crippen LogP) is 1.66. The molecule has 1 aliphatic rings. The average molecular weight is 273 g/mol. The Bertz CT molecular complexity index is 579. The van der Waals surface area contributed by atoms with E-state index in [1.54, 1.807) is 31.3 Å². The second kappa shape index (κ2) is 5.61. The van der Waals surface area contributed by atoms with Gasteiger partial charge >= 0.3 is 12.0 Å². The fraction of sp³-hybridized carbons (Fsp3) is 0.357. The summed E-state index contributed by atoms with van der Waals surface area (Å²) in [5, 5.41) is 18.2. The van der Waals surface area contributed by atoms with Crippen molar-refractivity contribution < 1.29 is 14.7 Å². The SMILES string of the molecule is CN(C(=O)N1CCC[C@@H]1C(=O)O)c1ccccc1C#N. The summed E-state index contributed by atoms with van der Waals surface area (Å²) in [7, 11) is 1.55. The Morgan fingerprint density at radius 2 is 2.15 bits per heavy atom. The van der Waals surface area contributed by atoms with Gasteiger partial charge < -0.3 is 10.0 Å². The molecule has 0 bridgehead atoms. The Morgan fingerprint density at radius 3 is 2.80 bits per heavy atom. The maximum absolute atomic E-state index is 12.4. The highest BCUT2D eigenvalue weighted by atomic mass is 16.4. The minimum Gasteiger partial charge on any atom is -0.480 e. The van der Waals surface area contributed by atoms with E-state index in [4.69, 9.17) is 10.4 Å². The molecule has 0 spiro atoms. The first-order chi connectivity index (χ1) is 9.56. The van der Waals surface area contributed by atoms with Gasteiger partial charge in [0.05, 0.1) is 11.3 Å². The van der Waals surface area contributed by atoms with E-state index in [9.17, 15) is 9.59 Å². The second-order valence-corrected chi connectivity index (χ2v) is 4.66. The second-order valence-electron chi connectivity index (χ2n) is 4.66. The summed E-state index contributed by atoms with van der Waals surface area (Å²) in [4.78, 5) is 26.2. The van der Waals surface area contributed by atoms with E-state index in [0.29, 0.717) is 30.6 Å². The lowest BCUT2D eigenvalue weighted by molar-refractivity contribution is -0.141. The zero-order valence-corrected chi connectivity index (χ0v) is 11.1. The van der Waals surface area contributed by atoms with Crippen LogP contribution in [-0.2, 0) is 4.79 Å². The van der Waals surface area contributed by atoms with Crippen LogP contribution in [0.25, 0.3) is 0 Å². The number of amides is 2. The molecule has 6 nitrogen and oxygen atoms in total. The highest BCUT2D eigenvalue weighted by Crippen LogP contribution is 2.24. The van der Waals surface area contributed by atoms with Crippen LogP contribution in [0.2, 0.25) is 0 Å². The molecule has 2 rings (SSSR count). The topological polar surface area (TPSA) is 84.6 Å². The average Bonchev–Trinajstić information content (AvgIpc) is 2.95. The first-order valence-corrected chi connectivity index (χ1v) is 6.32. The molecule has 1 aliphatic heterocycles. The Hall–Kier alpha value is -2.55. The number of hydrogen-bond donors (Lipinski definition) is 1. The molecule has 1 saturated heterocycles. The van der Waals surface area contributed by atoms with Gasteiger partial charge in [0.25, 0.3) is 0 Å². The minimum absolute atomic E-state index is 0.384. The van der Waals surface area contributed by atoms with Gasteiger partial charge in [-0.05, 0) is 25.0 Å². The van der Waals surface area contributed by atoms with Crippen LogP contribution in [0.3, 0.4) is 0 Å². The number of nitrogens with zero attached hydrogens (tertiary/aromatic N) is 3. The number of benzene rings is 1. The fourth-order valence-corrected chi connectivity index (χ4v) is 2.41. The Balaban J connectivity index is 2.25. The third-order valence-corrected chi connectivity index (χ3v) is 3.46. The van der Waals surface area contributed by atoms with Gasteiger partial charge in [0.2, 0.25) is 0 Å². The van der Waals surface area contributed by atoms with Crippen molar-refractivity contribution in [3.05, 3.63) is 29.8 Å². The smallest absolute Gasteiger partial charge is 0.326 e. The molecule has 0 unspecified atom stereocenters. The van der Waals surface area contributed by atoms with E-state index in [2.05, 4.69) is 0 Å². The van der Waals surface area contributed by atoms with E-state index in [-0.39, 0.29) is 0 Å². The van der Waals surface area contributed by atoms with E-state index >= 15 is 0 Å². The summed E-state index contributed by atoms with van der Waals surface area (Å²) in [6.07, 6.45) is 1.14. The number of hydrogen-bond acceptors (Lipinski definition) is 3. The van der Waals surface area contributed by atoms with Gasteiger partial charge in [-0.1, -0.05) is 12.1 Å². The van der Waals surface area contributed by atoms with Crippen molar-refractivity contribution in [2.45, 2.75) is 18.9 Å². The number of carbonyl (C=O) groups excluding carboxylic acids is 1. The standard InChI is InChI=1S/C14H15N3O3/c1-16(11-6-3-2-5-10(11)9-15)14(20)17-8-4-7-12(17)13(18)19/h2-3,5-6,12H,4,7-8H2,1H3,(H,18,19)/t12-/m1/s1. The molecular formula is C14H15N3O3. The monoisotopic (exact) mass is 273 g/mol. The van der Waals surface area contributed by atoms with Crippen LogP contribution in [0, 0.1) is 11.3 Å². The molecule has 20 heavy (non-hydrogen) atoms. The van der Waals surface area contributed by atoms with Gasteiger partial charge in [-0.25, -0.2) is 9.59 Å². The molecule has 1 heterocycles. The number of carbonyl (C=O) groups is 2. The summed E-state index contributed by atoms with van der Waals surface area (Å²) in [6, 6.07) is 7.60. The van der Waals surface area contributed by atoms with Gasteiger partial charge in [0, 0.05) is 13.6 Å². The summed E-state index contributed by atoms with van der Waals surface area (Å²) in [5.74, 6) is -0.988. The molecule has 2 amide bonds. The molecule has 1 aromatic rings. The van der Waals surface area contributed by atoms with Gasteiger partial charge in [-0.3, -0.25) is 4.90 Å². The van der Waals surface area contributed by atoms with Crippen molar-refractivity contribution in [3.8, 4) is 6.07 Å². The number of likely N-dealkylation sites (tertiary alicyclic amines) is 1. The number of para-hydroxylation sites is 1. The van der Waals surface area contributed by atoms with Crippen molar-refractivity contribution in [3.63, 3.8) is 0 Å². The molecule has 1 fully saturated rings. The normalized spacial score (nSPS) is 17.6. The molecule has 0 radical (unpaired) electrons. The van der Waals surface area contributed by atoms with Gasteiger partial charge in [0.1, 0.15) is 12.1 Å². The van der Waals surface area contributed by atoms with E-state index in [1.165, 1.54) is 9.80 Å². The van der Waals surface area contributed by atoms with Crippen molar-refractivity contribution in [1.82, 2.24) is 4.90 Å². The molecule has 1 aromatic carbocycles. The van der Waals surface area contributed by atoms with E-state index in [1.807, 2.05) is 6.07 Å². The molecule has 104 valence electrons. The summed E-state index contributed by atoms with van der Waals surface area (Å²) in [6.45, 7) is 0.425. The zero-order valence-electron chi connectivity index (χ0n) is 11.1. The van der Waals surface area contributed by atoms with Gasteiger partial charge in [0.15, 0.2) is 0 Å². The highest BCUT2D eigenvalue weighted by molar-refractivity contribution is 5.95. The van der Waals surface area contributed by atoms with Crippen LogP contribution in [-0.4, -0.2) is 41.6 Å². The first-order valence-electron chi connectivity index (χ1n) is 6.32. The lowest BCUT2D eigenvalue weighted by atomic mass is 10.2. The van der Waals surface area contributed by atoms with Gasteiger partial charge in [-0.15, -0.1) is 0 Å². The van der Waals surface area contributed by atoms with Crippen molar-refractivity contribution in [2.24, 2.45) is 0 Å². The van der Waals surface area contributed by atoms with Crippen molar-refractivity contribution >= 4 is 17.7 Å². The summed E-state index contributed by atoms with van der Waals surface area (Å²) >= 11 is 0. The van der Waals surface area contributed by atoms with Crippen LogP contribution >= 0.6 is 0 Å². The Kier molecular flexibility index (Phi) is 3.89. The van der Waals surface area contributed by atoms with Crippen LogP contribution in [0.5, 0.6) is 0 Å². The zero-order chi connectivity index (χ0) is 14.7. The predicted molar refractivity (Wildman–Crippen MR) is 72.3 cm³/mol. The molecule has 0 aliphatic carbocycles. The Labute approximate surface area is 116 Å². The number of carboxylic acid groups (broad SMARTS) is 1. The largest absolute Gasteiger partial charge is 0.480 e. The molecule has 6 heteroatoms. The third-order valence-electron chi connectivity index (χ3n) is 3.46. The number of aliphatic carboxylic acids is 1. The quantitative estimate of drug-likeness (QED) is 0.888. The van der Waals surface area contributed by atoms with E-state index < -0.39 is 18.0 Å². The van der Waals surface area contributed by atoms with Crippen molar-refractivity contribution in [2.75, 3.05) is 18.5 Å². The molecule has 1 N–H and O–H groups in total.